The molecule has 0 atom stereocenters. The number of hydrogen-bond donors (Lipinski definition) is 1. The zero-order valence-corrected chi connectivity index (χ0v) is 16.5. The Morgan fingerprint density at radius 1 is 1.14 bits per heavy atom. The highest BCUT2D eigenvalue weighted by molar-refractivity contribution is 5.90. The second kappa shape index (κ2) is 8.36. The Kier molecular flexibility index (Phi) is 5.48. The van der Waals surface area contributed by atoms with Gasteiger partial charge in [-0.05, 0) is 19.2 Å². The highest BCUT2D eigenvalue weighted by Crippen LogP contribution is 2.29. The molecule has 1 saturated heterocycles. The lowest BCUT2D eigenvalue weighted by atomic mass is 10.3. The van der Waals surface area contributed by atoms with Gasteiger partial charge in [0, 0.05) is 56.7 Å². The van der Waals surface area contributed by atoms with E-state index in [1.54, 1.807) is 31.5 Å². The van der Waals surface area contributed by atoms with Crippen molar-refractivity contribution >= 4 is 28.7 Å². The molecule has 1 aliphatic heterocycles. The van der Waals surface area contributed by atoms with Crippen LogP contribution in [-0.2, 0) is 4.79 Å². The van der Waals surface area contributed by atoms with Gasteiger partial charge in [-0.3, -0.25) is 4.79 Å². The molecule has 0 saturated carbocycles. The van der Waals surface area contributed by atoms with Crippen molar-refractivity contribution in [3.05, 3.63) is 36.7 Å². The number of carbonyl (C=O) groups is 1. The van der Waals surface area contributed by atoms with Crippen molar-refractivity contribution in [2.24, 2.45) is 0 Å². The summed E-state index contributed by atoms with van der Waals surface area (Å²) in [5, 5.41) is 2.83. The Morgan fingerprint density at radius 3 is 2.72 bits per heavy atom. The van der Waals surface area contributed by atoms with Gasteiger partial charge in [-0.15, -0.1) is 0 Å². The van der Waals surface area contributed by atoms with Gasteiger partial charge in [-0.2, -0.15) is 9.97 Å². The molecule has 1 amide bonds. The van der Waals surface area contributed by atoms with E-state index in [-0.39, 0.29) is 5.91 Å². The zero-order valence-electron chi connectivity index (χ0n) is 16.5. The van der Waals surface area contributed by atoms with Crippen LogP contribution in [0.1, 0.15) is 13.3 Å². The number of nitrogens with one attached hydrogen (secondary N) is 1. The number of hydrogen-bond acceptors (Lipinski definition) is 8. The van der Waals surface area contributed by atoms with E-state index in [0.717, 1.165) is 26.2 Å². The third kappa shape index (κ3) is 4.40. The average molecular weight is 393 g/mol. The van der Waals surface area contributed by atoms with Crippen LogP contribution < -0.4 is 15.0 Å². The lowest BCUT2D eigenvalue weighted by molar-refractivity contribution is -0.115. The van der Waals surface area contributed by atoms with E-state index >= 15 is 0 Å². The van der Waals surface area contributed by atoms with E-state index in [0.29, 0.717) is 40.8 Å². The molecule has 1 fully saturated rings. The Bertz CT molecular complexity index is 1020. The summed E-state index contributed by atoms with van der Waals surface area (Å²) >= 11 is 0. The Morgan fingerprint density at radius 2 is 1.93 bits per heavy atom. The molecule has 0 radical (unpaired) electrons. The van der Waals surface area contributed by atoms with Crippen molar-refractivity contribution in [2.75, 3.05) is 43.4 Å². The number of benzene rings is 1. The van der Waals surface area contributed by atoms with Gasteiger partial charge in [-0.1, -0.05) is 13.0 Å². The van der Waals surface area contributed by atoms with Crippen LogP contribution in [-0.4, -0.2) is 64.0 Å². The van der Waals surface area contributed by atoms with Crippen LogP contribution in [0.15, 0.2) is 36.7 Å². The number of anilines is 2. The van der Waals surface area contributed by atoms with Crippen LogP contribution in [0.2, 0.25) is 0 Å². The van der Waals surface area contributed by atoms with Gasteiger partial charge in [0.15, 0.2) is 11.2 Å². The van der Waals surface area contributed by atoms with E-state index in [9.17, 15) is 4.79 Å². The fourth-order valence-corrected chi connectivity index (χ4v) is 3.04. The standard InChI is InChI=1S/C20H23N7O2/c1-3-16(28)23-14-5-4-6-15(13-14)29-19-17-18(22-8-7-21-17)24-20(25-19)27-11-9-26(2)10-12-27/h4-8,13H,3,9-12H2,1-2H3,(H,23,28). The number of nitrogens with zero attached hydrogens (tertiary/aromatic N) is 6. The fraction of sp³-hybridized carbons (Fsp3) is 0.350. The van der Waals surface area contributed by atoms with E-state index in [1.165, 1.54) is 0 Å². The van der Waals surface area contributed by atoms with Gasteiger partial charge in [-0.25, -0.2) is 9.97 Å². The minimum absolute atomic E-state index is 0.0575. The van der Waals surface area contributed by atoms with Crippen LogP contribution in [0, 0.1) is 0 Å². The molecule has 9 heteroatoms. The number of likely N-dealkylation sites (N-methyl/N-ethyl adjacent to an activating group) is 1. The monoisotopic (exact) mass is 393 g/mol. The van der Waals surface area contributed by atoms with Crippen molar-refractivity contribution in [3.63, 3.8) is 0 Å². The molecule has 3 heterocycles. The summed E-state index contributed by atoms with van der Waals surface area (Å²) < 4.78 is 6.06. The molecule has 2 aromatic heterocycles. The molecule has 0 bridgehead atoms. The number of fused-ring (bicyclic) bond motifs is 1. The first-order valence-corrected chi connectivity index (χ1v) is 9.62. The van der Waals surface area contributed by atoms with Crippen LogP contribution in [0.25, 0.3) is 11.2 Å². The highest BCUT2D eigenvalue weighted by Gasteiger charge is 2.20. The van der Waals surface area contributed by atoms with Crippen LogP contribution in [0.5, 0.6) is 11.6 Å². The van der Waals surface area contributed by atoms with Crippen LogP contribution in [0.3, 0.4) is 0 Å². The molecule has 1 aromatic carbocycles. The summed E-state index contributed by atoms with van der Waals surface area (Å²) in [6, 6.07) is 7.19. The van der Waals surface area contributed by atoms with Crippen LogP contribution in [0.4, 0.5) is 11.6 Å². The van der Waals surface area contributed by atoms with Crippen molar-refractivity contribution in [3.8, 4) is 11.6 Å². The molecular weight excluding hydrogens is 370 g/mol. The first-order chi connectivity index (χ1) is 14.1. The van der Waals surface area contributed by atoms with Crippen molar-refractivity contribution in [2.45, 2.75) is 13.3 Å². The summed E-state index contributed by atoms with van der Waals surface area (Å²) in [7, 11) is 2.10. The third-order valence-corrected chi connectivity index (χ3v) is 4.73. The molecule has 0 spiro atoms. The third-order valence-electron chi connectivity index (χ3n) is 4.73. The quantitative estimate of drug-likeness (QED) is 0.705. The maximum atomic E-state index is 11.7. The molecule has 9 nitrogen and oxygen atoms in total. The summed E-state index contributed by atoms with van der Waals surface area (Å²) in [5.74, 6) is 1.42. The van der Waals surface area contributed by atoms with Gasteiger partial charge in [0.25, 0.3) is 5.88 Å². The van der Waals surface area contributed by atoms with Gasteiger partial charge in [0.1, 0.15) is 5.75 Å². The van der Waals surface area contributed by atoms with Crippen LogP contribution >= 0.6 is 0 Å². The number of aromatic nitrogens is 4. The molecule has 29 heavy (non-hydrogen) atoms. The van der Waals surface area contributed by atoms with Crippen molar-refractivity contribution < 1.29 is 9.53 Å². The Balaban J connectivity index is 1.66. The molecular formula is C20H23N7O2. The predicted octanol–water partition coefficient (Wildman–Crippen LogP) is 2.31. The smallest absolute Gasteiger partial charge is 0.252 e. The minimum atomic E-state index is -0.0575. The SMILES string of the molecule is CCC(=O)Nc1cccc(Oc2nc(N3CCN(C)CC3)nc3nccnc23)c1. The van der Waals surface area contributed by atoms with Gasteiger partial charge < -0.3 is 19.9 Å². The average Bonchev–Trinajstić information content (AvgIpc) is 2.74. The first-order valence-electron chi connectivity index (χ1n) is 9.62. The normalized spacial score (nSPS) is 14.8. The van der Waals surface area contributed by atoms with Crippen molar-refractivity contribution in [1.29, 1.82) is 0 Å². The number of rotatable bonds is 5. The minimum Gasteiger partial charge on any atom is -0.437 e. The largest absolute Gasteiger partial charge is 0.437 e. The first kappa shape index (κ1) is 19.0. The molecule has 150 valence electrons. The summed E-state index contributed by atoms with van der Waals surface area (Å²) in [6.45, 7) is 5.36. The number of carbonyl (C=O) groups excluding carboxylic acids is 1. The van der Waals surface area contributed by atoms with Gasteiger partial charge in [0.2, 0.25) is 11.9 Å². The Hall–Kier alpha value is -3.33. The fourth-order valence-electron chi connectivity index (χ4n) is 3.04. The van der Waals surface area contributed by atoms with Crippen molar-refractivity contribution in [1.82, 2.24) is 24.8 Å². The van der Waals surface area contributed by atoms with E-state index < -0.39 is 0 Å². The lowest BCUT2D eigenvalue weighted by Gasteiger charge is -2.32. The van der Waals surface area contributed by atoms with E-state index in [4.69, 9.17) is 4.74 Å². The molecule has 4 rings (SSSR count). The maximum absolute atomic E-state index is 11.7. The van der Waals surface area contributed by atoms with Gasteiger partial charge in [0.05, 0.1) is 0 Å². The summed E-state index contributed by atoms with van der Waals surface area (Å²) in [6.07, 6.45) is 3.60. The summed E-state index contributed by atoms with van der Waals surface area (Å²) in [5.41, 5.74) is 1.65. The van der Waals surface area contributed by atoms with E-state index in [1.807, 2.05) is 12.1 Å². The van der Waals surface area contributed by atoms with E-state index in [2.05, 4.69) is 42.1 Å². The molecule has 3 aromatic rings. The summed E-state index contributed by atoms with van der Waals surface area (Å²) in [4.78, 5) is 34.0. The molecule has 1 aliphatic rings. The predicted molar refractivity (Wildman–Crippen MR) is 110 cm³/mol. The lowest BCUT2D eigenvalue weighted by Crippen LogP contribution is -2.45. The second-order valence-electron chi connectivity index (χ2n) is 6.88. The maximum Gasteiger partial charge on any atom is 0.252 e. The molecule has 0 unspecified atom stereocenters. The topological polar surface area (TPSA) is 96.4 Å². The number of amides is 1. The Labute approximate surface area is 168 Å². The second-order valence-corrected chi connectivity index (χ2v) is 6.88. The van der Waals surface area contributed by atoms with Gasteiger partial charge >= 0.3 is 0 Å². The number of ether oxygens (including phenoxy) is 1. The number of piperazine rings is 1. The zero-order chi connectivity index (χ0) is 20.2. The molecule has 0 aliphatic carbocycles. The molecule has 1 N–H and O–H groups in total. The highest BCUT2D eigenvalue weighted by atomic mass is 16.5.